The van der Waals surface area contributed by atoms with E-state index >= 15 is 0 Å². The maximum atomic E-state index is 12.3. The predicted molar refractivity (Wildman–Crippen MR) is 80.5 cm³/mol. The van der Waals surface area contributed by atoms with Crippen LogP contribution in [-0.2, 0) is 33.3 Å². The molecule has 0 N–H and O–H groups in total. The molecule has 1 saturated heterocycles. The van der Waals surface area contributed by atoms with Gasteiger partial charge in [0, 0.05) is 19.4 Å². The summed E-state index contributed by atoms with van der Waals surface area (Å²) >= 11 is 0. The van der Waals surface area contributed by atoms with Gasteiger partial charge in [0.1, 0.15) is 6.10 Å². The van der Waals surface area contributed by atoms with Gasteiger partial charge < -0.3 is 18.9 Å². The lowest BCUT2D eigenvalue weighted by atomic mass is 9.80. The molecule has 1 aliphatic rings. The molecule has 0 aliphatic carbocycles. The predicted octanol–water partition coefficient (Wildman–Crippen LogP) is 1.48. The Balaban J connectivity index is 2.76. The summed E-state index contributed by atoms with van der Waals surface area (Å²) in [6, 6.07) is 0. The second-order valence-corrected chi connectivity index (χ2v) is 6.04. The molecule has 0 radical (unpaired) electrons. The lowest BCUT2D eigenvalue weighted by molar-refractivity contribution is -0.166. The number of esters is 3. The van der Waals surface area contributed by atoms with Crippen LogP contribution in [0.25, 0.3) is 0 Å². The molecule has 1 heterocycles. The molecule has 0 saturated carbocycles. The Morgan fingerprint density at radius 2 is 2.09 bits per heavy atom. The van der Waals surface area contributed by atoms with Crippen molar-refractivity contribution in [1.29, 1.82) is 0 Å². The topological polar surface area (TPSA) is 88.1 Å². The van der Waals surface area contributed by atoms with Crippen molar-refractivity contribution in [3.63, 3.8) is 0 Å². The van der Waals surface area contributed by atoms with E-state index in [4.69, 9.17) is 14.2 Å². The third-order valence-corrected chi connectivity index (χ3v) is 3.65. The molecule has 7 nitrogen and oxygen atoms in total. The molecular weight excluding hydrogens is 304 g/mol. The van der Waals surface area contributed by atoms with Crippen molar-refractivity contribution in [2.75, 3.05) is 26.9 Å². The van der Waals surface area contributed by atoms with Crippen LogP contribution in [0.3, 0.4) is 0 Å². The molecule has 0 bridgehead atoms. The van der Waals surface area contributed by atoms with E-state index in [9.17, 15) is 14.4 Å². The number of ether oxygens (including phenoxy) is 4. The van der Waals surface area contributed by atoms with E-state index in [2.05, 4.69) is 4.74 Å². The number of carbonyl (C=O) groups excluding carboxylic acids is 3. The van der Waals surface area contributed by atoms with Crippen LogP contribution in [-0.4, -0.2) is 50.9 Å². The lowest BCUT2D eigenvalue weighted by Gasteiger charge is -2.21. The van der Waals surface area contributed by atoms with Crippen molar-refractivity contribution >= 4 is 17.9 Å². The summed E-state index contributed by atoms with van der Waals surface area (Å²) in [4.78, 5) is 36.0. The summed E-state index contributed by atoms with van der Waals surface area (Å²) in [5.74, 6) is -1.43. The highest BCUT2D eigenvalue weighted by Gasteiger charge is 2.56. The minimum atomic E-state index is -1.45. The number of rotatable bonds is 9. The average Bonchev–Trinajstić information content (AvgIpc) is 2.82. The van der Waals surface area contributed by atoms with Gasteiger partial charge in [0.15, 0.2) is 5.41 Å². The quantitative estimate of drug-likeness (QED) is 0.359. The monoisotopic (exact) mass is 330 g/mol. The second-order valence-electron chi connectivity index (χ2n) is 6.04. The molecule has 23 heavy (non-hydrogen) atoms. The van der Waals surface area contributed by atoms with Crippen molar-refractivity contribution < 1.29 is 33.3 Å². The van der Waals surface area contributed by atoms with Crippen LogP contribution in [0.4, 0.5) is 0 Å². The summed E-state index contributed by atoms with van der Waals surface area (Å²) in [6.07, 6.45) is -0.398. The molecule has 1 aliphatic heterocycles. The third-order valence-electron chi connectivity index (χ3n) is 3.65. The molecule has 1 fully saturated rings. The molecule has 0 aromatic carbocycles. The maximum Gasteiger partial charge on any atom is 0.324 e. The molecule has 1 rings (SSSR count). The van der Waals surface area contributed by atoms with Gasteiger partial charge in [-0.3, -0.25) is 14.4 Å². The first-order valence-corrected chi connectivity index (χ1v) is 7.88. The first kappa shape index (κ1) is 19.4. The highest BCUT2D eigenvalue weighted by atomic mass is 16.6. The molecular formula is C16H26O7. The van der Waals surface area contributed by atoms with Gasteiger partial charge in [-0.15, -0.1) is 0 Å². The van der Waals surface area contributed by atoms with Crippen LogP contribution in [0.5, 0.6) is 0 Å². The number of cyclic esters (lactones) is 1. The van der Waals surface area contributed by atoms with Crippen LogP contribution in [0.15, 0.2) is 0 Å². The van der Waals surface area contributed by atoms with Gasteiger partial charge >= 0.3 is 17.9 Å². The van der Waals surface area contributed by atoms with Gasteiger partial charge in [-0.25, -0.2) is 0 Å². The fourth-order valence-corrected chi connectivity index (χ4v) is 2.47. The summed E-state index contributed by atoms with van der Waals surface area (Å²) in [5, 5.41) is 0. The Morgan fingerprint density at radius 1 is 1.39 bits per heavy atom. The van der Waals surface area contributed by atoms with Crippen molar-refractivity contribution in [1.82, 2.24) is 0 Å². The van der Waals surface area contributed by atoms with Crippen molar-refractivity contribution in [2.45, 2.75) is 46.1 Å². The van der Waals surface area contributed by atoms with E-state index in [1.807, 2.05) is 13.8 Å². The molecule has 132 valence electrons. The standard InChI is InChI=1S/C16H26O7/c1-5-22-14(18)16(7-6-13(17)20-4)8-12(23-15(16)19)10-21-9-11(2)3/h11-12H,5-10H2,1-4H3. The fourth-order valence-electron chi connectivity index (χ4n) is 2.47. The Kier molecular flexibility index (Phi) is 7.48. The summed E-state index contributed by atoms with van der Waals surface area (Å²) < 4.78 is 20.4. The molecule has 0 aromatic heterocycles. The van der Waals surface area contributed by atoms with E-state index in [1.165, 1.54) is 7.11 Å². The highest BCUT2D eigenvalue weighted by molar-refractivity contribution is 6.01. The van der Waals surface area contributed by atoms with Crippen molar-refractivity contribution in [3.8, 4) is 0 Å². The molecule has 2 unspecified atom stereocenters. The van der Waals surface area contributed by atoms with Crippen molar-refractivity contribution in [2.24, 2.45) is 11.3 Å². The normalized spacial score (nSPS) is 23.7. The van der Waals surface area contributed by atoms with Gasteiger partial charge in [-0.2, -0.15) is 0 Å². The van der Waals surface area contributed by atoms with Gasteiger partial charge in [0.05, 0.1) is 20.3 Å². The van der Waals surface area contributed by atoms with Crippen molar-refractivity contribution in [3.05, 3.63) is 0 Å². The lowest BCUT2D eigenvalue weighted by Crippen LogP contribution is -2.38. The van der Waals surface area contributed by atoms with Crippen LogP contribution < -0.4 is 0 Å². The highest BCUT2D eigenvalue weighted by Crippen LogP contribution is 2.40. The van der Waals surface area contributed by atoms with E-state index in [-0.39, 0.29) is 32.5 Å². The summed E-state index contributed by atoms with van der Waals surface area (Å²) in [6.45, 7) is 6.61. The van der Waals surface area contributed by atoms with Gasteiger partial charge in [-0.05, 0) is 19.3 Å². The fraction of sp³-hybridized carbons (Fsp3) is 0.812. The van der Waals surface area contributed by atoms with Crippen LogP contribution in [0.2, 0.25) is 0 Å². The van der Waals surface area contributed by atoms with Crippen LogP contribution in [0.1, 0.15) is 40.0 Å². The minimum Gasteiger partial charge on any atom is -0.469 e. The van der Waals surface area contributed by atoms with Gasteiger partial charge in [0.25, 0.3) is 0 Å². The van der Waals surface area contributed by atoms with Gasteiger partial charge in [-0.1, -0.05) is 13.8 Å². The van der Waals surface area contributed by atoms with E-state index in [0.717, 1.165) is 0 Å². The van der Waals surface area contributed by atoms with E-state index < -0.39 is 29.4 Å². The number of hydrogen-bond donors (Lipinski definition) is 0. The molecule has 7 heteroatoms. The smallest absolute Gasteiger partial charge is 0.324 e. The number of carbonyl (C=O) groups is 3. The SMILES string of the molecule is CCOC(=O)C1(CCC(=O)OC)CC(COCC(C)C)OC1=O. The average molecular weight is 330 g/mol. The zero-order valence-corrected chi connectivity index (χ0v) is 14.3. The maximum absolute atomic E-state index is 12.3. The van der Waals surface area contributed by atoms with Gasteiger partial charge in [0.2, 0.25) is 0 Å². The summed E-state index contributed by atoms with van der Waals surface area (Å²) in [5.41, 5.74) is -1.45. The largest absolute Gasteiger partial charge is 0.469 e. The minimum absolute atomic E-state index is 0.0119. The zero-order valence-electron chi connectivity index (χ0n) is 14.3. The molecule has 0 spiro atoms. The molecule has 0 amide bonds. The Morgan fingerprint density at radius 3 is 2.65 bits per heavy atom. The molecule has 0 aromatic rings. The summed E-state index contributed by atoms with van der Waals surface area (Å²) in [7, 11) is 1.26. The zero-order chi connectivity index (χ0) is 17.5. The molecule has 2 atom stereocenters. The van der Waals surface area contributed by atoms with Crippen LogP contribution in [0, 0.1) is 11.3 Å². The van der Waals surface area contributed by atoms with E-state index in [1.54, 1.807) is 6.92 Å². The third kappa shape index (κ3) is 5.20. The number of methoxy groups -OCH3 is 1. The Bertz CT molecular complexity index is 432. The Labute approximate surface area is 136 Å². The first-order chi connectivity index (χ1) is 10.9. The Hall–Kier alpha value is -1.63. The van der Waals surface area contributed by atoms with Crippen LogP contribution >= 0.6 is 0 Å². The second kappa shape index (κ2) is 8.86. The van der Waals surface area contributed by atoms with E-state index in [0.29, 0.717) is 12.5 Å². The first-order valence-electron chi connectivity index (χ1n) is 7.88. The number of hydrogen-bond acceptors (Lipinski definition) is 7.